The SMILES string of the molecule is CC1=CC(Nc2nc(-c3ccc(C)cc3)nc3c2CNCC3)=NC1. The first-order valence-electron chi connectivity index (χ1n) is 8.35. The standard InChI is InChI=1S/C19H21N5/c1-12-3-5-14(6-4-12)18-22-16-7-8-20-11-15(16)19(24-18)23-17-9-13(2)10-21-17/h3-6,9,20H,7-8,10-11H2,1-2H3,(H,21,22,23,24). The average Bonchev–Trinajstić information content (AvgIpc) is 3.00. The number of amidine groups is 1. The van der Waals surface area contributed by atoms with Gasteiger partial charge in [-0.2, -0.15) is 0 Å². The van der Waals surface area contributed by atoms with Gasteiger partial charge in [0.15, 0.2) is 5.82 Å². The lowest BCUT2D eigenvalue weighted by Gasteiger charge is -2.20. The summed E-state index contributed by atoms with van der Waals surface area (Å²) in [7, 11) is 0. The quantitative estimate of drug-likeness (QED) is 0.893. The third-order valence-electron chi connectivity index (χ3n) is 4.37. The van der Waals surface area contributed by atoms with Crippen molar-refractivity contribution >= 4 is 11.7 Å². The lowest BCUT2D eigenvalue weighted by Crippen LogP contribution is -2.27. The number of nitrogens with zero attached hydrogens (tertiary/aromatic N) is 3. The van der Waals surface area contributed by atoms with E-state index in [-0.39, 0.29) is 0 Å². The van der Waals surface area contributed by atoms with Crippen molar-refractivity contribution in [2.45, 2.75) is 26.8 Å². The molecule has 0 radical (unpaired) electrons. The van der Waals surface area contributed by atoms with Gasteiger partial charge in [0.1, 0.15) is 11.7 Å². The fourth-order valence-corrected chi connectivity index (χ4v) is 3.01. The molecule has 0 unspecified atom stereocenters. The third kappa shape index (κ3) is 2.95. The summed E-state index contributed by atoms with van der Waals surface area (Å²) in [5.74, 6) is 2.53. The summed E-state index contributed by atoms with van der Waals surface area (Å²) in [4.78, 5) is 14.1. The zero-order valence-electron chi connectivity index (χ0n) is 14.1. The lowest BCUT2D eigenvalue weighted by molar-refractivity contribution is 0.629. The second kappa shape index (κ2) is 6.17. The van der Waals surface area contributed by atoms with Crippen LogP contribution in [0.2, 0.25) is 0 Å². The molecule has 2 aliphatic rings. The van der Waals surface area contributed by atoms with Crippen LogP contribution in [0.5, 0.6) is 0 Å². The summed E-state index contributed by atoms with van der Waals surface area (Å²) in [5.41, 5.74) is 5.82. The Labute approximate surface area is 142 Å². The number of nitrogens with one attached hydrogen (secondary N) is 2. The molecule has 3 heterocycles. The van der Waals surface area contributed by atoms with E-state index >= 15 is 0 Å². The van der Waals surface area contributed by atoms with Crippen molar-refractivity contribution in [3.05, 3.63) is 52.7 Å². The van der Waals surface area contributed by atoms with Gasteiger partial charge in [-0.3, -0.25) is 4.99 Å². The summed E-state index contributed by atoms with van der Waals surface area (Å²) in [5, 5.41) is 6.81. The first-order valence-corrected chi connectivity index (χ1v) is 8.35. The molecule has 4 rings (SSSR count). The Morgan fingerprint density at radius 1 is 1.08 bits per heavy atom. The van der Waals surface area contributed by atoms with Crippen LogP contribution in [0.15, 0.2) is 40.9 Å². The summed E-state index contributed by atoms with van der Waals surface area (Å²) >= 11 is 0. The highest BCUT2D eigenvalue weighted by Gasteiger charge is 2.19. The molecule has 1 aromatic heterocycles. The second-order valence-corrected chi connectivity index (χ2v) is 6.43. The van der Waals surface area contributed by atoms with Gasteiger partial charge in [0, 0.05) is 30.6 Å². The van der Waals surface area contributed by atoms with Crippen molar-refractivity contribution in [1.29, 1.82) is 0 Å². The van der Waals surface area contributed by atoms with Crippen molar-refractivity contribution < 1.29 is 0 Å². The number of aromatic nitrogens is 2. The number of benzene rings is 1. The molecule has 0 atom stereocenters. The Hall–Kier alpha value is -2.53. The topological polar surface area (TPSA) is 62.2 Å². The summed E-state index contributed by atoms with van der Waals surface area (Å²) in [6.07, 6.45) is 3.00. The Bertz CT molecular complexity index is 834. The number of fused-ring (bicyclic) bond motifs is 1. The van der Waals surface area contributed by atoms with Crippen molar-refractivity contribution in [2.24, 2.45) is 4.99 Å². The average molecular weight is 319 g/mol. The molecule has 0 spiro atoms. The lowest BCUT2D eigenvalue weighted by atomic mass is 10.1. The molecule has 5 heteroatoms. The maximum Gasteiger partial charge on any atom is 0.161 e. The maximum atomic E-state index is 4.82. The minimum absolute atomic E-state index is 0.763. The zero-order valence-corrected chi connectivity index (χ0v) is 14.1. The highest BCUT2D eigenvalue weighted by Crippen LogP contribution is 2.25. The van der Waals surface area contributed by atoms with Gasteiger partial charge in [0.05, 0.1) is 12.2 Å². The van der Waals surface area contributed by atoms with Crippen LogP contribution >= 0.6 is 0 Å². The zero-order chi connectivity index (χ0) is 16.5. The van der Waals surface area contributed by atoms with E-state index in [4.69, 9.17) is 9.97 Å². The van der Waals surface area contributed by atoms with Gasteiger partial charge in [0.25, 0.3) is 0 Å². The normalized spacial score (nSPS) is 16.4. The molecule has 0 saturated carbocycles. The summed E-state index contributed by atoms with van der Waals surface area (Å²) in [6, 6.07) is 8.36. The highest BCUT2D eigenvalue weighted by molar-refractivity contribution is 6.05. The van der Waals surface area contributed by atoms with Crippen molar-refractivity contribution in [3.63, 3.8) is 0 Å². The van der Waals surface area contributed by atoms with Crippen LogP contribution in [0.25, 0.3) is 11.4 Å². The van der Waals surface area contributed by atoms with E-state index in [1.807, 2.05) is 0 Å². The van der Waals surface area contributed by atoms with Crippen molar-refractivity contribution in [3.8, 4) is 11.4 Å². The fraction of sp³-hybridized carbons (Fsp3) is 0.316. The van der Waals surface area contributed by atoms with Gasteiger partial charge in [-0.15, -0.1) is 0 Å². The van der Waals surface area contributed by atoms with Crippen molar-refractivity contribution in [1.82, 2.24) is 15.3 Å². The number of aliphatic imine (C=N–C) groups is 1. The molecule has 5 nitrogen and oxygen atoms in total. The molecule has 2 N–H and O–H groups in total. The monoisotopic (exact) mass is 319 g/mol. The van der Waals surface area contributed by atoms with Gasteiger partial charge < -0.3 is 10.6 Å². The molecule has 0 fully saturated rings. The molecule has 2 aliphatic heterocycles. The molecule has 0 saturated heterocycles. The molecule has 24 heavy (non-hydrogen) atoms. The Morgan fingerprint density at radius 2 is 1.92 bits per heavy atom. The molecule has 2 aromatic rings. The number of rotatable bonds is 2. The smallest absolute Gasteiger partial charge is 0.161 e. The van der Waals surface area contributed by atoms with Crippen LogP contribution in [0.4, 0.5) is 5.82 Å². The number of aryl methyl sites for hydroxylation is 1. The van der Waals surface area contributed by atoms with E-state index in [1.54, 1.807) is 0 Å². The van der Waals surface area contributed by atoms with E-state index in [0.717, 1.165) is 60.4 Å². The van der Waals surface area contributed by atoms with E-state index in [2.05, 4.69) is 59.8 Å². The first kappa shape index (κ1) is 15.0. The van der Waals surface area contributed by atoms with Gasteiger partial charge in [0.2, 0.25) is 0 Å². The Balaban J connectivity index is 1.76. The maximum absolute atomic E-state index is 4.82. The van der Waals surface area contributed by atoms with Crippen LogP contribution in [-0.2, 0) is 13.0 Å². The minimum atomic E-state index is 0.763. The van der Waals surface area contributed by atoms with Crippen LogP contribution in [0, 0.1) is 6.92 Å². The molecule has 1 aromatic carbocycles. The van der Waals surface area contributed by atoms with E-state index in [0.29, 0.717) is 0 Å². The highest BCUT2D eigenvalue weighted by atomic mass is 15.1. The fourth-order valence-electron chi connectivity index (χ4n) is 3.01. The first-order chi connectivity index (χ1) is 11.7. The number of hydrogen-bond donors (Lipinski definition) is 2. The Kier molecular flexibility index (Phi) is 3.86. The minimum Gasteiger partial charge on any atom is -0.325 e. The molecule has 0 bridgehead atoms. The summed E-state index contributed by atoms with van der Waals surface area (Å²) < 4.78 is 0. The van der Waals surface area contributed by atoms with Gasteiger partial charge >= 0.3 is 0 Å². The van der Waals surface area contributed by atoms with Crippen LogP contribution in [0.1, 0.15) is 23.7 Å². The Morgan fingerprint density at radius 3 is 2.67 bits per heavy atom. The molecule has 0 amide bonds. The van der Waals surface area contributed by atoms with Gasteiger partial charge in [-0.1, -0.05) is 29.8 Å². The predicted molar refractivity (Wildman–Crippen MR) is 97.3 cm³/mol. The molecule has 122 valence electrons. The van der Waals surface area contributed by atoms with Gasteiger partial charge in [-0.05, 0) is 25.5 Å². The molecular formula is C19H21N5. The number of hydrogen-bond acceptors (Lipinski definition) is 5. The predicted octanol–water partition coefficient (Wildman–Crippen LogP) is 2.87. The summed E-state index contributed by atoms with van der Waals surface area (Å²) in [6.45, 7) is 6.69. The van der Waals surface area contributed by atoms with Gasteiger partial charge in [-0.25, -0.2) is 9.97 Å². The van der Waals surface area contributed by atoms with Crippen LogP contribution in [0.3, 0.4) is 0 Å². The third-order valence-corrected chi connectivity index (χ3v) is 4.37. The van der Waals surface area contributed by atoms with E-state index in [9.17, 15) is 0 Å². The largest absolute Gasteiger partial charge is 0.325 e. The number of anilines is 1. The van der Waals surface area contributed by atoms with Crippen LogP contribution < -0.4 is 10.6 Å². The molecule has 0 aliphatic carbocycles. The van der Waals surface area contributed by atoms with Crippen molar-refractivity contribution in [2.75, 3.05) is 18.4 Å². The second-order valence-electron chi connectivity index (χ2n) is 6.43. The molecular weight excluding hydrogens is 298 g/mol. The van der Waals surface area contributed by atoms with E-state index < -0.39 is 0 Å². The van der Waals surface area contributed by atoms with Crippen LogP contribution in [-0.4, -0.2) is 28.9 Å². The van der Waals surface area contributed by atoms with E-state index in [1.165, 1.54) is 11.1 Å².